The van der Waals surface area contributed by atoms with Crippen LogP contribution in [0.25, 0.3) is 15.9 Å². The molecule has 1 fully saturated rings. The first-order chi connectivity index (χ1) is 9.81. The fraction of sp³-hybridized carbons (Fsp3) is 0.188. The third-order valence-electron chi connectivity index (χ3n) is 3.57. The van der Waals surface area contributed by atoms with Crippen LogP contribution in [0.15, 0.2) is 48.7 Å². The monoisotopic (exact) mass is 282 g/mol. The zero-order valence-electron chi connectivity index (χ0n) is 10.9. The number of nitrogens with zero attached hydrogens (tertiary/aromatic N) is 1. The molecule has 0 aliphatic heterocycles. The van der Waals surface area contributed by atoms with Gasteiger partial charge >= 0.3 is 0 Å². The Hall–Kier alpha value is -2.07. The smallest absolute Gasteiger partial charge is 0.261 e. The Bertz CT molecular complexity index is 782. The Morgan fingerprint density at radius 1 is 1.15 bits per heavy atom. The van der Waals surface area contributed by atoms with Crippen LogP contribution in [-0.2, 0) is 0 Å². The number of aromatic nitrogens is 1. The topological polar surface area (TPSA) is 34.0 Å². The summed E-state index contributed by atoms with van der Waals surface area (Å²) in [6.07, 6.45) is 4.29. The Morgan fingerprint density at radius 3 is 2.85 bits per heavy atom. The van der Waals surface area contributed by atoms with Crippen molar-refractivity contribution in [2.75, 3.05) is 0 Å². The SMILES string of the molecule is O=C(NC1CC1)c1ccc(-n2ccc3ccccc32)s1. The zero-order chi connectivity index (χ0) is 13.5. The van der Waals surface area contributed by atoms with Crippen molar-refractivity contribution in [2.45, 2.75) is 18.9 Å². The number of carbonyl (C=O) groups excluding carboxylic acids is 1. The van der Waals surface area contributed by atoms with Gasteiger partial charge in [0, 0.05) is 12.2 Å². The Kier molecular flexibility index (Phi) is 2.63. The number of hydrogen-bond acceptors (Lipinski definition) is 2. The number of para-hydroxylation sites is 1. The van der Waals surface area contributed by atoms with Crippen LogP contribution in [0.3, 0.4) is 0 Å². The van der Waals surface area contributed by atoms with Crippen LogP contribution >= 0.6 is 11.3 Å². The first kappa shape index (κ1) is 11.7. The molecular weight excluding hydrogens is 268 g/mol. The molecule has 0 spiro atoms. The standard InChI is InChI=1S/C16H14N2OS/c19-16(17-12-5-6-12)14-7-8-15(20-14)18-10-9-11-3-1-2-4-13(11)18/h1-4,7-10,12H,5-6H2,(H,17,19). The van der Waals surface area contributed by atoms with E-state index in [1.165, 1.54) is 22.2 Å². The maximum absolute atomic E-state index is 12.0. The summed E-state index contributed by atoms with van der Waals surface area (Å²) >= 11 is 1.53. The molecule has 4 heteroatoms. The van der Waals surface area contributed by atoms with E-state index in [0.717, 1.165) is 22.7 Å². The van der Waals surface area contributed by atoms with Gasteiger partial charge in [0.1, 0.15) is 5.00 Å². The van der Waals surface area contributed by atoms with E-state index in [2.05, 4.69) is 34.3 Å². The predicted molar refractivity (Wildman–Crippen MR) is 81.6 cm³/mol. The number of rotatable bonds is 3. The van der Waals surface area contributed by atoms with Gasteiger partial charge in [0.05, 0.1) is 10.4 Å². The normalized spacial score (nSPS) is 14.6. The summed E-state index contributed by atoms with van der Waals surface area (Å²) in [7, 11) is 0. The molecule has 1 amide bonds. The van der Waals surface area contributed by atoms with E-state index in [1.807, 2.05) is 24.3 Å². The molecule has 0 unspecified atom stereocenters. The summed E-state index contributed by atoms with van der Waals surface area (Å²) in [4.78, 5) is 12.8. The highest BCUT2D eigenvalue weighted by Crippen LogP contribution is 2.27. The van der Waals surface area contributed by atoms with Gasteiger partial charge in [-0.25, -0.2) is 0 Å². The molecule has 1 aromatic carbocycles. The molecule has 0 atom stereocenters. The van der Waals surface area contributed by atoms with Crippen LogP contribution in [0.1, 0.15) is 22.5 Å². The second kappa shape index (κ2) is 4.49. The van der Waals surface area contributed by atoms with Crippen LogP contribution in [0.2, 0.25) is 0 Å². The fourth-order valence-electron chi connectivity index (χ4n) is 2.34. The molecule has 100 valence electrons. The van der Waals surface area contributed by atoms with Crippen molar-refractivity contribution in [3.05, 3.63) is 53.5 Å². The lowest BCUT2D eigenvalue weighted by Gasteiger charge is -2.01. The highest BCUT2D eigenvalue weighted by Gasteiger charge is 2.24. The molecule has 1 N–H and O–H groups in total. The summed E-state index contributed by atoms with van der Waals surface area (Å²) in [6, 6.07) is 14.7. The molecule has 1 aliphatic carbocycles. The van der Waals surface area contributed by atoms with E-state index in [4.69, 9.17) is 0 Å². The summed E-state index contributed by atoms with van der Waals surface area (Å²) in [5, 5.41) is 5.32. The first-order valence-corrected chi connectivity index (χ1v) is 7.60. The average Bonchev–Trinajstić information content (AvgIpc) is 3.01. The van der Waals surface area contributed by atoms with Gasteiger partial charge < -0.3 is 9.88 Å². The van der Waals surface area contributed by atoms with Crippen LogP contribution in [0, 0.1) is 0 Å². The molecule has 2 heterocycles. The molecule has 0 bridgehead atoms. The number of carbonyl (C=O) groups is 1. The summed E-state index contributed by atoms with van der Waals surface area (Å²) < 4.78 is 2.13. The molecule has 0 saturated heterocycles. The second-order valence-electron chi connectivity index (χ2n) is 5.13. The Balaban J connectivity index is 1.68. The number of nitrogens with one attached hydrogen (secondary N) is 1. The minimum Gasteiger partial charge on any atom is -0.349 e. The lowest BCUT2D eigenvalue weighted by Crippen LogP contribution is -2.24. The van der Waals surface area contributed by atoms with E-state index < -0.39 is 0 Å². The lowest BCUT2D eigenvalue weighted by atomic mass is 10.2. The summed E-state index contributed by atoms with van der Waals surface area (Å²) in [5.41, 5.74) is 1.17. The molecule has 1 saturated carbocycles. The minimum atomic E-state index is 0.0558. The van der Waals surface area contributed by atoms with Crippen LogP contribution in [0.5, 0.6) is 0 Å². The highest BCUT2D eigenvalue weighted by atomic mass is 32.1. The maximum atomic E-state index is 12.0. The number of benzene rings is 1. The van der Waals surface area contributed by atoms with E-state index in [-0.39, 0.29) is 5.91 Å². The molecule has 4 rings (SSSR count). The minimum absolute atomic E-state index is 0.0558. The zero-order valence-corrected chi connectivity index (χ0v) is 11.7. The quantitative estimate of drug-likeness (QED) is 0.782. The van der Waals surface area contributed by atoms with Crippen molar-refractivity contribution < 1.29 is 4.79 Å². The number of fused-ring (bicyclic) bond motifs is 1. The van der Waals surface area contributed by atoms with Crippen LogP contribution < -0.4 is 5.32 Å². The fourth-order valence-corrected chi connectivity index (χ4v) is 3.25. The van der Waals surface area contributed by atoms with Crippen molar-refractivity contribution >= 4 is 28.1 Å². The highest BCUT2D eigenvalue weighted by molar-refractivity contribution is 7.16. The summed E-state index contributed by atoms with van der Waals surface area (Å²) in [5.74, 6) is 0.0558. The van der Waals surface area contributed by atoms with E-state index in [0.29, 0.717) is 6.04 Å². The summed E-state index contributed by atoms with van der Waals surface area (Å²) in [6.45, 7) is 0. The van der Waals surface area contributed by atoms with E-state index in [9.17, 15) is 4.79 Å². The van der Waals surface area contributed by atoms with Gasteiger partial charge in [-0.15, -0.1) is 11.3 Å². The van der Waals surface area contributed by atoms with Crippen molar-refractivity contribution in [1.29, 1.82) is 0 Å². The molecular formula is C16H14N2OS. The third kappa shape index (κ3) is 2.02. The van der Waals surface area contributed by atoms with Gasteiger partial charge in [-0.2, -0.15) is 0 Å². The van der Waals surface area contributed by atoms with Crippen LogP contribution in [-0.4, -0.2) is 16.5 Å². The Labute approximate surface area is 120 Å². The van der Waals surface area contributed by atoms with E-state index in [1.54, 1.807) is 0 Å². The largest absolute Gasteiger partial charge is 0.349 e. The Morgan fingerprint density at radius 2 is 2.00 bits per heavy atom. The van der Waals surface area contributed by atoms with Crippen molar-refractivity contribution in [2.24, 2.45) is 0 Å². The molecule has 3 nitrogen and oxygen atoms in total. The lowest BCUT2D eigenvalue weighted by molar-refractivity contribution is 0.0955. The average molecular weight is 282 g/mol. The number of hydrogen-bond donors (Lipinski definition) is 1. The molecule has 2 aromatic heterocycles. The van der Waals surface area contributed by atoms with Crippen molar-refractivity contribution in [3.8, 4) is 5.00 Å². The molecule has 0 radical (unpaired) electrons. The van der Waals surface area contributed by atoms with Crippen LogP contribution in [0.4, 0.5) is 0 Å². The third-order valence-corrected chi connectivity index (χ3v) is 4.65. The van der Waals surface area contributed by atoms with Crippen molar-refractivity contribution in [3.63, 3.8) is 0 Å². The number of amides is 1. The van der Waals surface area contributed by atoms with Gasteiger partial charge in [0.25, 0.3) is 5.91 Å². The predicted octanol–water partition coefficient (Wildman–Crippen LogP) is 3.58. The van der Waals surface area contributed by atoms with E-state index >= 15 is 0 Å². The number of thiophene rings is 1. The first-order valence-electron chi connectivity index (χ1n) is 6.78. The molecule has 3 aromatic rings. The second-order valence-corrected chi connectivity index (χ2v) is 6.19. The van der Waals surface area contributed by atoms with Crippen molar-refractivity contribution in [1.82, 2.24) is 9.88 Å². The van der Waals surface area contributed by atoms with Gasteiger partial charge in [-0.3, -0.25) is 4.79 Å². The van der Waals surface area contributed by atoms with Gasteiger partial charge in [0.2, 0.25) is 0 Å². The van der Waals surface area contributed by atoms with Gasteiger partial charge in [0.15, 0.2) is 0 Å². The maximum Gasteiger partial charge on any atom is 0.261 e. The van der Waals surface area contributed by atoms with Gasteiger partial charge in [-0.05, 0) is 42.5 Å². The van der Waals surface area contributed by atoms with Gasteiger partial charge in [-0.1, -0.05) is 18.2 Å². The molecule has 1 aliphatic rings. The molecule has 20 heavy (non-hydrogen) atoms.